The zero-order chi connectivity index (χ0) is 6.41. The van der Waals surface area contributed by atoms with Gasteiger partial charge < -0.3 is 10.1 Å². The average Bonchev–Trinajstić information content (AvgIpc) is 1.83. The minimum atomic E-state index is -0.0860. The number of carbonyl (C=O) groups is 2. The molecule has 0 aliphatic carbocycles. The molecule has 1 N–H and O–H groups in total. The van der Waals surface area contributed by atoms with E-state index in [1.165, 1.54) is 0 Å². The highest BCUT2D eigenvalue weighted by Gasteiger charge is 1.92. The minimum Gasteiger partial charge on any atom is -0.359 e. The minimum absolute atomic E-state index is 0.0860. The van der Waals surface area contributed by atoms with E-state index in [4.69, 9.17) is 0 Å². The van der Waals surface area contributed by atoms with E-state index in [-0.39, 0.29) is 5.91 Å². The molecule has 0 radical (unpaired) electrons. The Bertz CT molecular complexity index is 90.4. The van der Waals surface area contributed by atoms with E-state index in [2.05, 4.69) is 5.32 Å². The molecule has 0 fully saturated rings. The van der Waals surface area contributed by atoms with E-state index < -0.39 is 0 Å². The highest BCUT2D eigenvalue weighted by molar-refractivity contribution is 5.77. The number of hydrogen-bond acceptors (Lipinski definition) is 2. The fourth-order valence-corrected chi connectivity index (χ4v) is 0.315. The normalized spacial score (nSPS) is 8.12. The topological polar surface area (TPSA) is 46.2 Å². The monoisotopic (exact) mass is 115 g/mol. The van der Waals surface area contributed by atoms with Crippen LogP contribution in [0.4, 0.5) is 0 Å². The number of amides is 1. The third-order valence-corrected chi connectivity index (χ3v) is 0.768. The van der Waals surface area contributed by atoms with Crippen LogP contribution in [-0.2, 0) is 9.59 Å². The van der Waals surface area contributed by atoms with Crippen molar-refractivity contribution in [3.63, 3.8) is 0 Å². The molecule has 0 rings (SSSR count). The lowest BCUT2D eigenvalue weighted by molar-refractivity contribution is -0.122. The van der Waals surface area contributed by atoms with Gasteiger partial charge in [-0.05, 0) is 0 Å². The Kier molecular flexibility index (Phi) is 3.84. The second-order valence-corrected chi connectivity index (χ2v) is 1.38. The Morgan fingerprint density at radius 3 is 2.75 bits per heavy atom. The Morgan fingerprint density at radius 2 is 2.38 bits per heavy atom. The van der Waals surface area contributed by atoms with Gasteiger partial charge in [0.05, 0.1) is 0 Å². The van der Waals surface area contributed by atoms with Crippen molar-refractivity contribution >= 4 is 12.2 Å². The standard InChI is InChI=1S/C5H9NO2/c1-6-5(8)3-2-4-7/h4H,2-3H2,1H3,(H,6,8). The summed E-state index contributed by atoms with van der Waals surface area (Å²) in [4.78, 5) is 19.9. The van der Waals surface area contributed by atoms with Crippen molar-refractivity contribution in [3.05, 3.63) is 0 Å². The summed E-state index contributed by atoms with van der Waals surface area (Å²) in [6, 6.07) is 0. The van der Waals surface area contributed by atoms with Gasteiger partial charge in [0.1, 0.15) is 6.29 Å². The van der Waals surface area contributed by atoms with E-state index in [9.17, 15) is 9.59 Å². The van der Waals surface area contributed by atoms with Crippen LogP contribution in [0.2, 0.25) is 0 Å². The first kappa shape index (κ1) is 7.14. The predicted molar refractivity (Wildman–Crippen MR) is 29.4 cm³/mol. The smallest absolute Gasteiger partial charge is 0.220 e. The van der Waals surface area contributed by atoms with E-state index in [1.807, 2.05) is 0 Å². The van der Waals surface area contributed by atoms with E-state index in [0.29, 0.717) is 12.8 Å². The summed E-state index contributed by atoms with van der Waals surface area (Å²) < 4.78 is 0. The van der Waals surface area contributed by atoms with E-state index in [0.717, 1.165) is 6.29 Å². The van der Waals surface area contributed by atoms with Crippen LogP contribution in [-0.4, -0.2) is 19.2 Å². The molecule has 0 atom stereocenters. The molecule has 0 saturated heterocycles. The molecular formula is C5H9NO2. The summed E-state index contributed by atoms with van der Waals surface area (Å²) in [5, 5.41) is 2.40. The number of carbonyl (C=O) groups excluding carboxylic acids is 2. The summed E-state index contributed by atoms with van der Waals surface area (Å²) >= 11 is 0. The molecule has 0 aliphatic heterocycles. The fourth-order valence-electron chi connectivity index (χ4n) is 0.315. The number of nitrogens with one attached hydrogen (secondary N) is 1. The SMILES string of the molecule is CNC(=O)CCC=O. The van der Waals surface area contributed by atoms with Crippen molar-refractivity contribution in [1.29, 1.82) is 0 Å². The van der Waals surface area contributed by atoms with E-state index >= 15 is 0 Å². The first-order chi connectivity index (χ1) is 3.81. The quantitative estimate of drug-likeness (QED) is 0.514. The van der Waals surface area contributed by atoms with Gasteiger partial charge in [0.15, 0.2) is 0 Å². The van der Waals surface area contributed by atoms with Crippen LogP contribution in [0.25, 0.3) is 0 Å². The Morgan fingerprint density at radius 1 is 1.75 bits per heavy atom. The molecule has 0 unspecified atom stereocenters. The van der Waals surface area contributed by atoms with Gasteiger partial charge in [0.2, 0.25) is 5.91 Å². The second kappa shape index (κ2) is 4.30. The molecule has 0 bridgehead atoms. The van der Waals surface area contributed by atoms with Gasteiger partial charge in [0.25, 0.3) is 0 Å². The first-order valence-electron chi connectivity index (χ1n) is 2.45. The molecule has 0 saturated carbocycles. The van der Waals surface area contributed by atoms with Crippen LogP contribution >= 0.6 is 0 Å². The fraction of sp³-hybridized carbons (Fsp3) is 0.600. The number of rotatable bonds is 3. The largest absolute Gasteiger partial charge is 0.359 e. The maximum Gasteiger partial charge on any atom is 0.220 e. The lowest BCUT2D eigenvalue weighted by Crippen LogP contribution is -2.16. The molecule has 46 valence electrons. The summed E-state index contributed by atoms with van der Waals surface area (Å²) in [7, 11) is 1.55. The third kappa shape index (κ3) is 3.33. The zero-order valence-corrected chi connectivity index (χ0v) is 4.81. The van der Waals surface area contributed by atoms with Gasteiger partial charge >= 0.3 is 0 Å². The van der Waals surface area contributed by atoms with Crippen LogP contribution in [0.5, 0.6) is 0 Å². The third-order valence-electron chi connectivity index (χ3n) is 0.768. The van der Waals surface area contributed by atoms with Gasteiger partial charge in [-0.1, -0.05) is 0 Å². The molecule has 0 spiro atoms. The Labute approximate surface area is 48.1 Å². The molecule has 3 heteroatoms. The molecule has 3 nitrogen and oxygen atoms in total. The molecule has 8 heavy (non-hydrogen) atoms. The lowest BCUT2D eigenvalue weighted by atomic mass is 10.3. The molecular weight excluding hydrogens is 106 g/mol. The van der Waals surface area contributed by atoms with Gasteiger partial charge in [-0.2, -0.15) is 0 Å². The average molecular weight is 115 g/mol. The Balaban J connectivity index is 3.11. The number of hydrogen-bond donors (Lipinski definition) is 1. The maximum absolute atomic E-state index is 10.3. The number of aldehydes is 1. The Hall–Kier alpha value is -0.860. The summed E-state index contributed by atoms with van der Waals surface area (Å²) in [6.07, 6.45) is 1.36. The van der Waals surface area contributed by atoms with Crippen LogP contribution in [0.15, 0.2) is 0 Å². The first-order valence-corrected chi connectivity index (χ1v) is 2.45. The maximum atomic E-state index is 10.3. The van der Waals surface area contributed by atoms with Gasteiger partial charge in [-0.3, -0.25) is 4.79 Å². The highest BCUT2D eigenvalue weighted by Crippen LogP contribution is 1.80. The van der Waals surface area contributed by atoms with Crippen LogP contribution in [0.1, 0.15) is 12.8 Å². The van der Waals surface area contributed by atoms with Crippen molar-refractivity contribution < 1.29 is 9.59 Å². The van der Waals surface area contributed by atoms with Gasteiger partial charge in [-0.15, -0.1) is 0 Å². The molecule has 0 heterocycles. The van der Waals surface area contributed by atoms with Crippen molar-refractivity contribution in [3.8, 4) is 0 Å². The van der Waals surface area contributed by atoms with Crippen LogP contribution in [0.3, 0.4) is 0 Å². The highest BCUT2D eigenvalue weighted by atomic mass is 16.1. The summed E-state index contributed by atoms with van der Waals surface area (Å²) in [5.74, 6) is -0.0860. The summed E-state index contributed by atoms with van der Waals surface area (Å²) in [6.45, 7) is 0. The summed E-state index contributed by atoms with van der Waals surface area (Å²) in [5.41, 5.74) is 0. The van der Waals surface area contributed by atoms with Crippen molar-refractivity contribution in [1.82, 2.24) is 5.32 Å². The van der Waals surface area contributed by atoms with Gasteiger partial charge in [-0.25, -0.2) is 0 Å². The molecule has 0 aromatic carbocycles. The molecule has 1 amide bonds. The van der Waals surface area contributed by atoms with Crippen molar-refractivity contribution in [2.24, 2.45) is 0 Å². The second-order valence-electron chi connectivity index (χ2n) is 1.38. The zero-order valence-electron chi connectivity index (χ0n) is 4.81. The lowest BCUT2D eigenvalue weighted by Gasteiger charge is -1.90. The van der Waals surface area contributed by atoms with Crippen LogP contribution in [0, 0.1) is 0 Å². The molecule has 0 aliphatic rings. The van der Waals surface area contributed by atoms with E-state index in [1.54, 1.807) is 7.05 Å². The van der Waals surface area contributed by atoms with Crippen molar-refractivity contribution in [2.45, 2.75) is 12.8 Å². The van der Waals surface area contributed by atoms with Gasteiger partial charge in [0, 0.05) is 19.9 Å². The predicted octanol–water partition coefficient (Wildman–Crippen LogP) is -0.289. The molecule has 0 aromatic heterocycles. The molecule has 0 aromatic rings. The van der Waals surface area contributed by atoms with Crippen LogP contribution < -0.4 is 5.32 Å². The van der Waals surface area contributed by atoms with Crippen molar-refractivity contribution in [2.75, 3.05) is 7.05 Å².